The summed E-state index contributed by atoms with van der Waals surface area (Å²) in [5.74, 6) is 1.32. The smallest absolute Gasteiger partial charge is 0.337 e. The van der Waals surface area contributed by atoms with Gasteiger partial charge in [0, 0.05) is 19.5 Å². The van der Waals surface area contributed by atoms with Gasteiger partial charge in [-0.3, -0.25) is 4.79 Å². The second-order valence-corrected chi connectivity index (χ2v) is 7.84. The zero-order valence-corrected chi connectivity index (χ0v) is 20.3. The van der Waals surface area contributed by atoms with E-state index in [0.29, 0.717) is 42.4 Å². The highest BCUT2D eigenvalue weighted by Crippen LogP contribution is 2.28. The average Bonchev–Trinajstić information content (AvgIpc) is 2.90. The molecule has 0 atom stereocenters. The van der Waals surface area contributed by atoms with Crippen molar-refractivity contribution >= 4 is 29.2 Å². The van der Waals surface area contributed by atoms with Crippen molar-refractivity contribution < 1.29 is 19.1 Å². The Morgan fingerprint density at radius 3 is 1.94 bits per heavy atom. The van der Waals surface area contributed by atoms with Crippen molar-refractivity contribution in [2.24, 2.45) is 0 Å². The molecule has 0 unspecified atom stereocenters. The number of esters is 1. The van der Waals surface area contributed by atoms with Crippen LogP contribution in [0.25, 0.3) is 0 Å². The lowest BCUT2D eigenvalue weighted by Crippen LogP contribution is -2.17. The molecule has 1 aromatic heterocycles. The predicted octanol–water partition coefficient (Wildman–Crippen LogP) is 4.62. The van der Waals surface area contributed by atoms with E-state index in [1.54, 1.807) is 19.2 Å². The average molecular weight is 478 g/mol. The number of nitrogens with one attached hydrogen (secondary N) is 3. The standard InChI is InChI=1S/C26H31N5O4/c1-4-5-6-22(32)31-23-24(27-15-18-7-11-20(12-8-18)26(33)35-3)29-17-30-25(23)28-16-19-9-13-21(34-2)14-10-19/h7-14,17H,4-6,15-16H2,1-3H3,(H,31,32)(H2,27,28,29,30). The van der Waals surface area contributed by atoms with Crippen LogP contribution in [0.1, 0.15) is 47.7 Å². The monoisotopic (exact) mass is 477 g/mol. The number of methoxy groups -OCH3 is 2. The third-order valence-electron chi connectivity index (χ3n) is 5.32. The van der Waals surface area contributed by atoms with Crippen molar-refractivity contribution in [3.8, 4) is 5.75 Å². The largest absolute Gasteiger partial charge is 0.497 e. The quantitative estimate of drug-likeness (QED) is 0.324. The van der Waals surface area contributed by atoms with Gasteiger partial charge in [0.25, 0.3) is 0 Å². The zero-order valence-electron chi connectivity index (χ0n) is 20.3. The Labute approximate surface area is 205 Å². The third-order valence-corrected chi connectivity index (χ3v) is 5.32. The van der Waals surface area contributed by atoms with E-state index < -0.39 is 0 Å². The summed E-state index contributed by atoms with van der Waals surface area (Å²) in [7, 11) is 2.98. The molecule has 0 aliphatic heterocycles. The lowest BCUT2D eigenvalue weighted by molar-refractivity contribution is -0.116. The fourth-order valence-corrected chi connectivity index (χ4v) is 3.30. The van der Waals surface area contributed by atoms with E-state index in [1.807, 2.05) is 43.3 Å². The van der Waals surface area contributed by atoms with Gasteiger partial charge in [0.05, 0.1) is 19.8 Å². The van der Waals surface area contributed by atoms with Gasteiger partial charge in [0.15, 0.2) is 11.6 Å². The molecule has 0 saturated carbocycles. The highest BCUT2D eigenvalue weighted by Gasteiger charge is 2.15. The first kappa shape index (κ1) is 25.5. The number of anilines is 3. The molecule has 0 bridgehead atoms. The first-order valence-corrected chi connectivity index (χ1v) is 11.5. The summed E-state index contributed by atoms with van der Waals surface area (Å²) < 4.78 is 9.95. The number of nitrogens with zero attached hydrogens (tertiary/aromatic N) is 2. The second-order valence-electron chi connectivity index (χ2n) is 7.84. The number of ether oxygens (including phenoxy) is 2. The van der Waals surface area contributed by atoms with Gasteiger partial charge in [-0.1, -0.05) is 37.6 Å². The summed E-state index contributed by atoms with van der Waals surface area (Å²) in [6.45, 7) is 2.99. The molecule has 1 amide bonds. The minimum Gasteiger partial charge on any atom is -0.497 e. The Morgan fingerprint density at radius 1 is 0.857 bits per heavy atom. The number of benzene rings is 2. The highest BCUT2D eigenvalue weighted by molar-refractivity contribution is 5.97. The maximum absolute atomic E-state index is 12.5. The molecular formula is C26H31N5O4. The number of hydrogen-bond acceptors (Lipinski definition) is 8. The van der Waals surface area contributed by atoms with Crippen molar-refractivity contribution in [2.75, 3.05) is 30.2 Å². The van der Waals surface area contributed by atoms with Gasteiger partial charge in [0.2, 0.25) is 5.91 Å². The van der Waals surface area contributed by atoms with Crippen molar-refractivity contribution in [2.45, 2.75) is 39.3 Å². The number of aromatic nitrogens is 2. The number of hydrogen-bond donors (Lipinski definition) is 3. The van der Waals surface area contributed by atoms with E-state index in [2.05, 4.69) is 25.9 Å². The first-order valence-electron chi connectivity index (χ1n) is 11.5. The number of amides is 1. The summed E-state index contributed by atoms with van der Waals surface area (Å²) >= 11 is 0. The van der Waals surface area contributed by atoms with Gasteiger partial charge in [-0.25, -0.2) is 14.8 Å². The van der Waals surface area contributed by atoms with Crippen LogP contribution in [0.3, 0.4) is 0 Å². The normalized spacial score (nSPS) is 10.4. The Kier molecular flexibility index (Phi) is 9.41. The van der Waals surface area contributed by atoms with Crippen molar-refractivity contribution in [3.63, 3.8) is 0 Å². The van der Waals surface area contributed by atoms with Crippen LogP contribution in [-0.2, 0) is 22.6 Å². The Morgan fingerprint density at radius 2 is 1.43 bits per heavy atom. The lowest BCUT2D eigenvalue weighted by atomic mass is 10.1. The summed E-state index contributed by atoms with van der Waals surface area (Å²) in [6, 6.07) is 14.8. The summed E-state index contributed by atoms with van der Waals surface area (Å²) in [5.41, 5.74) is 2.95. The number of rotatable bonds is 12. The van der Waals surface area contributed by atoms with Crippen LogP contribution < -0.4 is 20.7 Å². The van der Waals surface area contributed by atoms with E-state index in [0.717, 1.165) is 29.7 Å². The topological polar surface area (TPSA) is 114 Å². The molecule has 0 radical (unpaired) electrons. The Balaban J connectivity index is 1.76. The van der Waals surface area contributed by atoms with Crippen LogP contribution in [0.15, 0.2) is 54.9 Å². The third kappa shape index (κ3) is 7.43. The van der Waals surface area contributed by atoms with Crippen LogP contribution >= 0.6 is 0 Å². The molecule has 3 rings (SSSR count). The molecule has 184 valence electrons. The summed E-state index contributed by atoms with van der Waals surface area (Å²) in [6.07, 6.45) is 3.58. The molecule has 3 aromatic rings. The van der Waals surface area contributed by atoms with Gasteiger partial charge in [-0.15, -0.1) is 0 Å². The number of carbonyl (C=O) groups excluding carboxylic acids is 2. The highest BCUT2D eigenvalue weighted by atomic mass is 16.5. The molecule has 2 aromatic carbocycles. The van der Waals surface area contributed by atoms with E-state index >= 15 is 0 Å². The molecule has 9 heteroatoms. The molecule has 35 heavy (non-hydrogen) atoms. The minimum absolute atomic E-state index is 0.0976. The molecule has 0 aliphatic rings. The van der Waals surface area contributed by atoms with Crippen LogP contribution in [0, 0.1) is 0 Å². The van der Waals surface area contributed by atoms with E-state index in [-0.39, 0.29) is 11.9 Å². The van der Waals surface area contributed by atoms with Crippen LogP contribution in [0.5, 0.6) is 5.75 Å². The van der Waals surface area contributed by atoms with Crippen LogP contribution in [-0.4, -0.2) is 36.1 Å². The summed E-state index contributed by atoms with van der Waals surface area (Å²) in [4.78, 5) is 32.9. The Hall–Kier alpha value is -4.14. The van der Waals surface area contributed by atoms with Crippen LogP contribution in [0.2, 0.25) is 0 Å². The maximum atomic E-state index is 12.5. The van der Waals surface area contributed by atoms with Gasteiger partial charge in [-0.2, -0.15) is 0 Å². The molecular weight excluding hydrogens is 446 g/mol. The molecule has 0 aliphatic carbocycles. The predicted molar refractivity (Wildman–Crippen MR) is 136 cm³/mol. The SMILES string of the molecule is CCCCC(=O)Nc1c(NCc2ccc(OC)cc2)ncnc1NCc1ccc(C(=O)OC)cc1. The van der Waals surface area contributed by atoms with Crippen molar-refractivity contribution in [1.29, 1.82) is 0 Å². The van der Waals surface area contributed by atoms with E-state index in [1.165, 1.54) is 13.4 Å². The van der Waals surface area contributed by atoms with E-state index in [9.17, 15) is 9.59 Å². The van der Waals surface area contributed by atoms with E-state index in [4.69, 9.17) is 9.47 Å². The van der Waals surface area contributed by atoms with Gasteiger partial charge in [-0.05, 0) is 41.8 Å². The Bertz CT molecular complexity index is 1120. The van der Waals surface area contributed by atoms with Crippen LogP contribution in [0.4, 0.5) is 17.3 Å². The fraction of sp³-hybridized carbons (Fsp3) is 0.308. The molecule has 1 heterocycles. The summed E-state index contributed by atoms with van der Waals surface area (Å²) in [5, 5.41) is 9.53. The lowest BCUT2D eigenvalue weighted by Gasteiger charge is -2.16. The van der Waals surface area contributed by atoms with Crippen molar-refractivity contribution in [1.82, 2.24) is 9.97 Å². The number of unbranched alkanes of at least 4 members (excludes halogenated alkanes) is 1. The van der Waals surface area contributed by atoms with Gasteiger partial charge < -0.3 is 25.4 Å². The molecule has 0 fully saturated rings. The van der Waals surface area contributed by atoms with Crippen molar-refractivity contribution in [3.05, 3.63) is 71.5 Å². The van der Waals surface area contributed by atoms with Gasteiger partial charge in [0.1, 0.15) is 17.8 Å². The molecule has 3 N–H and O–H groups in total. The second kappa shape index (κ2) is 12.9. The molecule has 0 saturated heterocycles. The number of carbonyl (C=O) groups is 2. The minimum atomic E-state index is -0.384. The molecule has 0 spiro atoms. The first-order chi connectivity index (χ1) is 17.0. The molecule has 9 nitrogen and oxygen atoms in total. The maximum Gasteiger partial charge on any atom is 0.337 e. The zero-order chi connectivity index (χ0) is 25.0. The fourth-order valence-electron chi connectivity index (χ4n) is 3.30. The van der Waals surface area contributed by atoms with Gasteiger partial charge >= 0.3 is 5.97 Å².